The summed E-state index contributed by atoms with van der Waals surface area (Å²) in [6, 6.07) is 4.07. The Bertz CT molecular complexity index is 660. The minimum atomic E-state index is 0. The molecule has 0 radical (unpaired) electrons. The second kappa shape index (κ2) is 9.00. The number of aromatic nitrogens is 3. The molecule has 6 nitrogen and oxygen atoms in total. The maximum atomic E-state index is 4.63. The largest absolute Gasteiger partial charge is 0.357 e. The maximum Gasteiger partial charge on any atom is 0.191 e. The molecule has 0 bridgehead atoms. The van der Waals surface area contributed by atoms with Crippen LogP contribution in [0.25, 0.3) is 5.82 Å². The van der Waals surface area contributed by atoms with Crippen molar-refractivity contribution in [2.75, 3.05) is 13.1 Å². The van der Waals surface area contributed by atoms with Gasteiger partial charge in [-0.05, 0) is 44.2 Å². The van der Waals surface area contributed by atoms with Gasteiger partial charge in [0.05, 0.1) is 6.54 Å². The number of halogens is 1. The predicted molar refractivity (Wildman–Crippen MR) is 107 cm³/mol. The van der Waals surface area contributed by atoms with Gasteiger partial charge in [-0.25, -0.2) is 15.0 Å². The van der Waals surface area contributed by atoms with Crippen LogP contribution in [0, 0.1) is 12.8 Å². The molecule has 0 unspecified atom stereocenters. The van der Waals surface area contributed by atoms with Gasteiger partial charge in [0.1, 0.15) is 11.6 Å². The number of guanidine groups is 1. The molecular weight excluding hydrogens is 415 g/mol. The minimum absolute atomic E-state index is 0. The van der Waals surface area contributed by atoms with Crippen LogP contribution in [-0.4, -0.2) is 33.6 Å². The number of hydrogen-bond donors (Lipinski definition) is 2. The van der Waals surface area contributed by atoms with Gasteiger partial charge in [-0.3, -0.25) is 4.57 Å². The summed E-state index contributed by atoms with van der Waals surface area (Å²) in [4.78, 5) is 13.4. The standard InChI is InChI=1S/C17H24N6.HI/c1-3-18-17(21-10-14-4-5-14)22-12-15-6-7-16(20-11-15)23-9-8-19-13(23)2;/h6-9,11,14H,3-5,10,12H2,1-2H3,(H2,18,21,22);1H. The lowest BCUT2D eigenvalue weighted by Crippen LogP contribution is -2.38. The highest BCUT2D eigenvalue weighted by Crippen LogP contribution is 2.27. The topological polar surface area (TPSA) is 67.1 Å². The molecule has 130 valence electrons. The predicted octanol–water partition coefficient (Wildman–Crippen LogP) is 2.66. The third kappa shape index (κ3) is 5.19. The molecule has 2 heterocycles. The molecule has 2 aromatic rings. The summed E-state index contributed by atoms with van der Waals surface area (Å²) < 4.78 is 1.97. The van der Waals surface area contributed by atoms with E-state index in [1.165, 1.54) is 12.8 Å². The Morgan fingerprint density at radius 1 is 1.29 bits per heavy atom. The summed E-state index contributed by atoms with van der Waals surface area (Å²) in [5.74, 6) is 3.53. The van der Waals surface area contributed by atoms with Crippen molar-refractivity contribution >= 4 is 29.9 Å². The zero-order valence-corrected chi connectivity index (χ0v) is 16.5. The van der Waals surface area contributed by atoms with Crippen molar-refractivity contribution in [2.45, 2.75) is 33.2 Å². The molecule has 0 atom stereocenters. The Hall–Kier alpha value is -1.64. The zero-order chi connectivity index (χ0) is 16.1. The lowest BCUT2D eigenvalue weighted by atomic mass is 10.3. The molecule has 0 aliphatic heterocycles. The Kier molecular flexibility index (Phi) is 7.01. The summed E-state index contributed by atoms with van der Waals surface area (Å²) in [5.41, 5.74) is 1.09. The number of aryl methyl sites for hydroxylation is 1. The highest BCUT2D eigenvalue weighted by Gasteiger charge is 2.20. The summed E-state index contributed by atoms with van der Waals surface area (Å²) >= 11 is 0. The molecule has 0 saturated heterocycles. The average Bonchev–Trinajstić information content (AvgIpc) is 3.30. The molecule has 1 saturated carbocycles. The quantitative estimate of drug-likeness (QED) is 0.412. The minimum Gasteiger partial charge on any atom is -0.357 e. The smallest absolute Gasteiger partial charge is 0.191 e. The summed E-state index contributed by atoms with van der Waals surface area (Å²) in [6.07, 6.45) is 8.25. The van der Waals surface area contributed by atoms with E-state index in [2.05, 4.69) is 38.6 Å². The molecule has 1 fully saturated rings. The van der Waals surface area contributed by atoms with E-state index in [0.29, 0.717) is 6.54 Å². The van der Waals surface area contributed by atoms with Crippen LogP contribution in [0.3, 0.4) is 0 Å². The molecule has 0 amide bonds. The Labute approximate surface area is 160 Å². The van der Waals surface area contributed by atoms with E-state index in [-0.39, 0.29) is 24.0 Å². The maximum absolute atomic E-state index is 4.63. The molecule has 7 heteroatoms. The lowest BCUT2D eigenvalue weighted by Gasteiger charge is -2.10. The van der Waals surface area contributed by atoms with Gasteiger partial charge < -0.3 is 10.6 Å². The number of nitrogens with one attached hydrogen (secondary N) is 2. The summed E-state index contributed by atoms with van der Waals surface area (Å²) in [5, 5.41) is 6.68. The molecule has 3 rings (SSSR count). The van der Waals surface area contributed by atoms with Gasteiger partial charge in [-0.15, -0.1) is 24.0 Å². The first kappa shape index (κ1) is 18.7. The van der Waals surface area contributed by atoms with Gasteiger partial charge in [0.25, 0.3) is 0 Å². The van der Waals surface area contributed by atoms with Crippen molar-refractivity contribution < 1.29 is 0 Å². The van der Waals surface area contributed by atoms with Crippen LogP contribution in [0.1, 0.15) is 31.2 Å². The van der Waals surface area contributed by atoms with Crippen LogP contribution in [-0.2, 0) is 6.54 Å². The molecule has 1 aliphatic rings. The zero-order valence-electron chi connectivity index (χ0n) is 14.2. The van der Waals surface area contributed by atoms with Crippen LogP contribution < -0.4 is 10.6 Å². The van der Waals surface area contributed by atoms with Crippen molar-refractivity contribution in [2.24, 2.45) is 10.9 Å². The van der Waals surface area contributed by atoms with Crippen LogP contribution in [0.4, 0.5) is 0 Å². The molecule has 2 N–H and O–H groups in total. The van der Waals surface area contributed by atoms with Crippen molar-refractivity contribution in [3.63, 3.8) is 0 Å². The molecule has 0 spiro atoms. The first-order valence-electron chi connectivity index (χ1n) is 8.23. The lowest BCUT2D eigenvalue weighted by molar-refractivity contribution is 0.739. The van der Waals surface area contributed by atoms with Gasteiger partial charge in [0.2, 0.25) is 0 Å². The molecule has 0 aromatic carbocycles. The van der Waals surface area contributed by atoms with E-state index in [0.717, 1.165) is 42.2 Å². The molecule has 2 aromatic heterocycles. The van der Waals surface area contributed by atoms with Gasteiger partial charge >= 0.3 is 0 Å². The second-order valence-electron chi connectivity index (χ2n) is 5.89. The van der Waals surface area contributed by atoms with E-state index in [1.54, 1.807) is 6.20 Å². The first-order chi connectivity index (χ1) is 11.3. The van der Waals surface area contributed by atoms with Crippen molar-refractivity contribution in [3.05, 3.63) is 42.1 Å². The highest BCUT2D eigenvalue weighted by molar-refractivity contribution is 14.0. The number of imidazole rings is 1. The molecule has 1 aliphatic carbocycles. The number of nitrogens with zero attached hydrogens (tertiary/aromatic N) is 4. The highest BCUT2D eigenvalue weighted by atomic mass is 127. The number of rotatable bonds is 6. The number of aliphatic imine (C=N–C) groups is 1. The van der Waals surface area contributed by atoms with Gasteiger partial charge in [0, 0.05) is 31.7 Å². The second-order valence-corrected chi connectivity index (χ2v) is 5.89. The molecular formula is C17H25IN6. The van der Waals surface area contributed by atoms with Crippen molar-refractivity contribution in [3.8, 4) is 5.82 Å². The Morgan fingerprint density at radius 2 is 2.12 bits per heavy atom. The van der Waals surface area contributed by atoms with E-state index in [9.17, 15) is 0 Å². The van der Waals surface area contributed by atoms with Crippen molar-refractivity contribution in [1.82, 2.24) is 25.2 Å². The monoisotopic (exact) mass is 440 g/mol. The van der Waals surface area contributed by atoms with Crippen LogP contribution in [0.15, 0.2) is 35.7 Å². The summed E-state index contributed by atoms with van der Waals surface area (Å²) in [7, 11) is 0. The van der Waals surface area contributed by atoms with Crippen LogP contribution in [0.5, 0.6) is 0 Å². The van der Waals surface area contributed by atoms with Gasteiger partial charge in [0.15, 0.2) is 5.96 Å². The fourth-order valence-electron chi connectivity index (χ4n) is 2.35. The third-order valence-electron chi connectivity index (χ3n) is 3.90. The van der Waals surface area contributed by atoms with Crippen LogP contribution >= 0.6 is 24.0 Å². The van der Waals surface area contributed by atoms with E-state index in [1.807, 2.05) is 30.0 Å². The van der Waals surface area contributed by atoms with Crippen LogP contribution in [0.2, 0.25) is 0 Å². The Balaban J connectivity index is 0.00000208. The van der Waals surface area contributed by atoms with Gasteiger partial charge in [-0.1, -0.05) is 6.07 Å². The number of pyridine rings is 1. The first-order valence-corrected chi connectivity index (χ1v) is 8.23. The van der Waals surface area contributed by atoms with E-state index in [4.69, 9.17) is 0 Å². The fourth-order valence-corrected chi connectivity index (χ4v) is 2.35. The molecule has 24 heavy (non-hydrogen) atoms. The normalized spacial score (nSPS) is 14.2. The number of hydrogen-bond acceptors (Lipinski definition) is 3. The Morgan fingerprint density at radius 3 is 2.71 bits per heavy atom. The fraction of sp³-hybridized carbons (Fsp3) is 0.471. The third-order valence-corrected chi connectivity index (χ3v) is 3.90. The average molecular weight is 440 g/mol. The van der Waals surface area contributed by atoms with E-state index < -0.39 is 0 Å². The summed E-state index contributed by atoms with van der Waals surface area (Å²) in [6.45, 7) is 6.55. The SMILES string of the molecule is CCNC(=NCc1ccc(-n2ccnc2C)nc1)NCC1CC1.I. The van der Waals surface area contributed by atoms with Crippen molar-refractivity contribution in [1.29, 1.82) is 0 Å². The van der Waals surface area contributed by atoms with Gasteiger partial charge in [-0.2, -0.15) is 0 Å². The van der Waals surface area contributed by atoms with E-state index >= 15 is 0 Å².